The molecule has 4 rings (SSSR count). The van der Waals surface area contributed by atoms with E-state index in [4.69, 9.17) is 14.9 Å². The second-order valence-electron chi connectivity index (χ2n) is 7.83. The highest BCUT2D eigenvalue weighted by atomic mass is 32.2. The number of nitrogens with zero attached hydrogens (tertiary/aromatic N) is 1. The number of halogens is 1. The molecule has 0 aromatic heterocycles. The maximum Gasteiger partial charge on any atom is 0.335 e. The lowest BCUT2D eigenvalue weighted by Gasteiger charge is -2.15. The number of aromatic carboxylic acids is 1. The summed E-state index contributed by atoms with van der Waals surface area (Å²) >= 11 is 5.45. The number of carboxylic acid groups (broad SMARTS) is 2. The number of hydrogen-bond donors (Lipinski definition) is 3. The Balaban J connectivity index is 1.66. The van der Waals surface area contributed by atoms with E-state index in [1.54, 1.807) is 48.5 Å². The summed E-state index contributed by atoms with van der Waals surface area (Å²) in [6, 6.07) is 17.6. The van der Waals surface area contributed by atoms with E-state index in [0.717, 1.165) is 33.4 Å². The van der Waals surface area contributed by atoms with E-state index >= 15 is 0 Å². The van der Waals surface area contributed by atoms with E-state index in [9.17, 15) is 18.8 Å². The number of rotatable bonds is 8. The molecule has 1 aliphatic rings. The molecule has 1 aliphatic heterocycles. The third kappa shape index (κ3) is 5.89. The maximum atomic E-state index is 13.4. The Kier molecular flexibility index (Phi) is 7.66. The van der Waals surface area contributed by atoms with Gasteiger partial charge < -0.3 is 19.8 Å². The summed E-state index contributed by atoms with van der Waals surface area (Å²) in [4.78, 5) is 36.5. The predicted molar refractivity (Wildman–Crippen MR) is 137 cm³/mol. The van der Waals surface area contributed by atoms with Gasteiger partial charge in [0.2, 0.25) is 0 Å². The zero-order chi connectivity index (χ0) is 25.8. The highest BCUT2D eigenvalue weighted by molar-refractivity contribution is 8.14. The van der Waals surface area contributed by atoms with Crippen molar-refractivity contribution in [3.63, 3.8) is 0 Å². The van der Waals surface area contributed by atoms with Crippen molar-refractivity contribution in [2.75, 3.05) is 6.54 Å². The first-order chi connectivity index (χ1) is 17.2. The summed E-state index contributed by atoms with van der Waals surface area (Å²) < 4.78 is 18.8. The molecule has 3 aromatic rings. The third-order valence-electron chi connectivity index (χ3n) is 5.35. The van der Waals surface area contributed by atoms with Gasteiger partial charge in [-0.25, -0.2) is 9.18 Å². The van der Waals surface area contributed by atoms with Gasteiger partial charge in [-0.05, 0) is 59.2 Å². The van der Waals surface area contributed by atoms with Gasteiger partial charge in [0.1, 0.15) is 29.4 Å². The van der Waals surface area contributed by atoms with E-state index < -0.39 is 29.1 Å². The summed E-state index contributed by atoms with van der Waals surface area (Å²) in [5.41, 5.74) is 3.00. The second kappa shape index (κ2) is 10.9. The molecule has 7 nitrogen and oxygen atoms in total. The van der Waals surface area contributed by atoms with Crippen LogP contribution in [0.3, 0.4) is 0 Å². The van der Waals surface area contributed by atoms with Gasteiger partial charge in [0.15, 0.2) is 0 Å². The van der Waals surface area contributed by atoms with E-state index in [-0.39, 0.29) is 18.0 Å². The van der Waals surface area contributed by atoms with Crippen LogP contribution in [0.2, 0.25) is 0 Å². The van der Waals surface area contributed by atoms with Gasteiger partial charge in [-0.1, -0.05) is 42.1 Å². The van der Waals surface area contributed by atoms with Crippen LogP contribution in [0.4, 0.5) is 4.39 Å². The Bertz CT molecular complexity index is 1340. The first-order valence-corrected chi connectivity index (χ1v) is 12.0. The van der Waals surface area contributed by atoms with Crippen molar-refractivity contribution in [2.24, 2.45) is 0 Å². The Hall–Kier alpha value is -3.76. The van der Waals surface area contributed by atoms with E-state index in [1.807, 2.05) is 0 Å². The van der Waals surface area contributed by atoms with Crippen molar-refractivity contribution in [2.45, 2.75) is 11.3 Å². The molecule has 1 atom stereocenters. The van der Waals surface area contributed by atoms with Gasteiger partial charge in [-0.3, -0.25) is 9.59 Å². The lowest BCUT2D eigenvalue weighted by Crippen LogP contribution is -2.34. The molecule has 0 saturated carbocycles. The standard InChI is InChI=1S/C26H20FNO6S2/c27-20-8-5-16(6-9-20)18-7-10-21(34-14-15-1-3-17(4-2-15)25(32)33)19(11-18)12-22-24(31)28(13-23(29)30)26(35)36-22/h1-12,26,35H,13-14H2,(H,29,30)(H,32,33)/b22-12-. The van der Waals surface area contributed by atoms with Crippen molar-refractivity contribution >= 4 is 48.3 Å². The molecule has 36 heavy (non-hydrogen) atoms. The normalized spacial score (nSPS) is 16.4. The number of carboxylic acids is 2. The molecule has 0 bridgehead atoms. The minimum absolute atomic E-state index is 0.146. The molecule has 0 spiro atoms. The number of benzene rings is 3. The molecule has 2 N–H and O–H groups in total. The van der Waals surface area contributed by atoms with Crippen LogP contribution in [-0.2, 0) is 16.2 Å². The molecule has 0 aliphatic carbocycles. The predicted octanol–water partition coefficient (Wildman–Crippen LogP) is 4.98. The molecule has 1 saturated heterocycles. The van der Waals surface area contributed by atoms with Crippen LogP contribution in [-0.4, -0.2) is 44.2 Å². The third-order valence-corrected chi connectivity index (χ3v) is 6.95. The SMILES string of the molecule is O=C(O)CN1C(=O)/C(=C/c2cc(-c3ccc(F)cc3)ccc2OCc2ccc(C(=O)O)cc2)SC1S. The van der Waals surface area contributed by atoms with Crippen molar-refractivity contribution in [3.8, 4) is 16.9 Å². The number of carbonyl (C=O) groups is 3. The summed E-state index contributed by atoms with van der Waals surface area (Å²) in [7, 11) is 0. The van der Waals surface area contributed by atoms with Crippen LogP contribution in [0.1, 0.15) is 21.5 Å². The second-order valence-corrected chi connectivity index (χ2v) is 9.79. The van der Waals surface area contributed by atoms with Crippen LogP contribution in [0.5, 0.6) is 5.75 Å². The van der Waals surface area contributed by atoms with Gasteiger partial charge in [0.25, 0.3) is 5.91 Å². The van der Waals surface area contributed by atoms with E-state index in [2.05, 4.69) is 12.6 Å². The van der Waals surface area contributed by atoms with Crippen molar-refractivity contribution < 1.29 is 33.7 Å². The Morgan fingerprint density at radius 1 is 1.03 bits per heavy atom. The lowest BCUT2D eigenvalue weighted by atomic mass is 10.0. The quantitative estimate of drug-likeness (QED) is 0.281. The van der Waals surface area contributed by atoms with E-state index in [1.165, 1.54) is 24.3 Å². The molecule has 1 fully saturated rings. The Morgan fingerprint density at radius 3 is 2.33 bits per heavy atom. The topological polar surface area (TPSA) is 104 Å². The van der Waals surface area contributed by atoms with Gasteiger partial charge in [-0.15, -0.1) is 12.6 Å². The minimum Gasteiger partial charge on any atom is -0.488 e. The monoisotopic (exact) mass is 525 g/mol. The highest BCUT2D eigenvalue weighted by Crippen LogP contribution is 2.39. The Morgan fingerprint density at radius 2 is 1.69 bits per heavy atom. The van der Waals surface area contributed by atoms with Gasteiger partial charge in [0.05, 0.1) is 10.5 Å². The molecule has 1 amide bonds. The molecule has 0 radical (unpaired) electrons. The van der Waals surface area contributed by atoms with Crippen LogP contribution in [0, 0.1) is 5.82 Å². The molecule has 1 heterocycles. The minimum atomic E-state index is -1.14. The summed E-state index contributed by atoms with van der Waals surface area (Å²) in [6.07, 6.45) is 1.62. The summed E-state index contributed by atoms with van der Waals surface area (Å²) in [6.45, 7) is -0.323. The number of ether oxygens (including phenoxy) is 1. The fourth-order valence-electron chi connectivity index (χ4n) is 3.52. The molecule has 184 valence electrons. The average Bonchev–Trinajstić information content (AvgIpc) is 3.11. The van der Waals surface area contributed by atoms with Gasteiger partial charge in [-0.2, -0.15) is 0 Å². The van der Waals surface area contributed by atoms with Crippen molar-refractivity contribution in [3.05, 3.63) is 94.1 Å². The van der Waals surface area contributed by atoms with Crippen LogP contribution >= 0.6 is 24.4 Å². The molecule has 10 heteroatoms. The fraction of sp³-hybridized carbons (Fsp3) is 0.115. The zero-order valence-corrected chi connectivity index (χ0v) is 20.3. The zero-order valence-electron chi connectivity index (χ0n) is 18.6. The average molecular weight is 526 g/mol. The van der Waals surface area contributed by atoms with Crippen LogP contribution in [0.25, 0.3) is 17.2 Å². The molecular weight excluding hydrogens is 505 g/mol. The molecular formula is C26H20FNO6S2. The Labute approximate surface area is 215 Å². The number of hydrogen-bond acceptors (Lipinski definition) is 6. The summed E-state index contributed by atoms with van der Waals surface area (Å²) in [5, 5.41) is 18.2. The smallest absolute Gasteiger partial charge is 0.335 e. The fourth-order valence-corrected chi connectivity index (χ4v) is 4.99. The number of thiol groups is 1. The van der Waals surface area contributed by atoms with Crippen molar-refractivity contribution in [1.29, 1.82) is 0 Å². The number of thioether (sulfide) groups is 1. The molecule has 3 aromatic carbocycles. The number of amides is 1. The van der Waals surface area contributed by atoms with Gasteiger partial charge in [0, 0.05) is 5.56 Å². The summed E-state index contributed by atoms with van der Waals surface area (Å²) in [5.74, 6) is -2.52. The lowest BCUT2D eigenvalue weighted by molar-refractivity contribution is -0.142. The number of carbonyl (C=O) groups excluding carboxylic acids is 1. The first kappa shape index (κ1) is 25.3. The number of aliphatic carboxylic acids is 1. The van der Waals surface area contributed by atoms with Gasteiger partial charge >= 0.3 is 11.9 Å². The first-order valence-electron chi connectivity index (χ1n) is 10.7. The molecule has 1 unspecified atom stereocenters. The van der Waals surface area contributed by atoms with Crippen LogP contribution < -0.4 is 4.74 Å². The van der Waals surface area contributed by atoms with E-state index in [0.29, 0.717) is 16.2 Å². The largest absolute Gasteiger partial charge is 0.488 e. The maximum absolute atomic E-state index is 13.4. The van der Waals surface area contributed by atoms with Crippen molar-refractivity contribution in [1.82, 2.24) is 4.90 Å². The highest BCUT2D eigenvalue weighted by Gasteiger charge is 2.35. The van der Waals surface area contributed by atoms with Crippen LogP contribution in [0.15, 0.2) is 71.6 Å².